The standard InChI is InChI=1S/C26H42N7O13P3/c27-13-5-1-3-9-21(34)29-14-6-2-4-10-22(35)30-15-7-8-19-16-33(26-24(19)25(28)31-18-32-26)23-12-11-20(44-23)17-43-48(39,40)46-49(41,42)45-47(36,37)38/h16,18,20,23H,1-6,9-15,17,27H2,(H,29,34)(H,30,35)(H,39,40)(H,41,42)(H2,28,31,32)(H2,36,37,38)/p-3/t20-,23+/m0/s1. The number of nitrogens with zero attached hydrogens (tertiary/aromatic N) is 3. The van der Waals surface area contributed by atoms with Crippen molar-refractivity contribution in [2.45, 2.75) is 76.5 Å². The molecular formula is C26H39N7O13P3-3. The van der Waals surface area contributed by atoms with E-state index in [2.05, 4.69) is 45.6 Å². The highest BCUT2D eigenvalue weighted by Gasteiger charge is 2.31. The fourth-order valence-corrected chi connectivity index (χ4v) is 7.69. The molecule has 7 N–H and O–H groups in total. The van der Waals surface area contributed by atoms with Crippen LogP contribution < -0.4 is 36.8 Å². The van der Waals surface area contributed by atoms with Gasteiger partial charge in [-0.2, -0.15) is 0 Å². The van der Waals surface area contributed by atoms with E-state index in [1.54, 1.807) is 10.8 Å². The van der Waals surface area contributed by atoms with Gasteiger partial charge in [-0.15, -0.1) is 0 Å². The topological polar surface area (TPSA) is 318 Å². The van der Waals surface area contributed by atoms with Crippen molar-refractivity contribution in [2.75, 3.05) is 32.0 Å². The maximum Gasteiger partial charge on any atom is 0.280 e. The van der Waals surface area contributed by atoms with Gasteiger partial charge in [0.1, 0.15) is 24.0 Å². The fraction of sp³-hybridized carbons (Fsp3) is 0.615. The van der Waals surface area contributed by atoms with Crippen LogP contribution in [0.5, 0.6) is 0 Å². The van der Waals surface area contributed by atoms with Crippen molar-refractivity contribution < 1.29 is 60.7 Å². The number of phosphoric acid groups is 3. The molecule has 0 aromatic carbocycles. The Labute approximate surface area is 282 Å². The molecule has 49 heavy (non-hydrogen) atoms. The molecule has 5 atom stereocenters. The average molecular weight is 751 g/mol. The number of nitrogens with one attached hydrogen (secondary N) is 2. The van der Waals surface area contributed by atoms with Crippen LogP contribution in [0.25, 0.3) is 11.0 Å². The zero-order valence-corrected chi connectivity index (χ0v) is 29.1. The number of fused-ring (bicyclic) bond motifs is 1. The third-order valence-corrected chi connectivity index (χ3v) is 10.7. The lowest BCUT2D eigenvalue weighted by Gasteiger charge is -2.32. The molecule has 0 saturated carbocycles. The molecule has 23 heteroatoms. The Kier molecular flexibility index (Phi) is 15.8. The number of hydrogen-bond donors (Lipinski definition) is 5. The van der Waals surface area contributed by atoms with E-state index in [-0.39, 0.29) is 30.6 Å². The van der Waals surface area contributed by atoms with Crippen molar-refractivity contribution in [2.24, 2.45) is 5.73 Å². The first-order valence-corrected chi connectivity index (χ1v) is 19.7. The van der Waals surface area contributed by atoms with Gasteiger partial charge in [-0.1, -0.05) is 24.7 Å². The van der Waals surface area contributed by atoms with E-state index in [4.69, 9.17) is 21.1 Å². The Balaban J connectivity index is 1.47. The molecule has 2 amide bonds. The molecule has 2 aromatic heterocycles. The molecule has 20 nitrogen and oxygen atoms in total. The number of carbonyl (C=O) groups is 2. The van der Waals surface area contributed by atoms with E-state index in [1.807, 2.05) is 0 Å². The summed E-state index contributed by atoms with van der Waals surface area (Å²) in [7, 11) is -17.5. The van der Waals surface area contributed by atoms with E-state index < -0.39 is 42.4 Å². The average Bonchev–Trinajstić information content (AvgIpc) is 3.62. The van der Waals surface area contributed by atoms with E-state index in [9.17, 15) is 38.0 Å². The molecule has 0 bridgehead atoms. The van der Waals surface area contributed by atoms with E-state index in [0.29, 0.717) is 55.4 Å². The van der Waals surface area contributed by atoms with Crippen LogP contribution in [0, 0.1) is 11.8 Å². The van der Waals surface area contributed by atoms with Crippen LogP contribution >= 0.6 is 23.5 Å². The number of aromatic nitrogens is 3. The van der Waals surface area contributed by atoms with Gasteiger partial charge in [-0.05, 0) is 45.1 Å². The summed E-state index contributed by atoms with van der Waals surface area (Å²) >= 11 is 0. The van der Waals surface area contributed by atoms with Crippen LogP contribution in [0.2, 0.25) is 0 Å². The summed E-state index contributed by atoms with van der Waals surface area (Å²) in [5, 5.41) is 6.03. The van der Waals surface area contributed by atoms with Gasteiger partial charge in [0.05, 0.1) is 30.2 Å². The second-order valence-corrected chi connectivity index (χ2v) is 15.1. The summed E-state index contributed by atoms with van der Waals surface area (Å²) in [6, 6.07) is 0. The molecule has 2 aromatic rings. The molecule has 1 aliphatic rings. The molecule has 3 unspecified atom stereocenters. The largest absolute Gasteiger partial charge is 0.756 e. The van der Waals surface area contributed by atoms with Gasteiger partial charge < -0.3 is 55.5 Å². The lowest BCUT2D eigenvalue weighted by Crippen LogP contribution is -2.24. The van der Waals surface area contributed by atoms with Crippen LogP contribution in [-0.2, 0) is 41.2 Å². The van der Waals surface area contributed by atoms with Crippen LogP contribution in [0.4, 0.5) is 5.82 Å². The van der Waals surface area contributed by atoms with Gasteiger partial charge in [-0.3, -0.25) is 23.3 Å². The van der Waals surface area contributed by atoms with Gasteiger partial charge in [-0.25, -0.2) is 18.6 Å². The first-order valence-electron chi connectivity index (χ1n) is 15.3. The highest BCUT2D eigenvalue weighted by molar-refractivity contribution is 7.65. The third kappa shape index (κ3) is 14.6. The lowest BCUT2D eigenvalue weighted by molar-refractivity contribution is -0.250. The highest BCUT2D eigenvalue weighted by atomic mass is 31.3. The minimum atomic E-state index is -6.02. The van der Waals surface area contributed by atoms with Crippen LogP contribution in [-0.4, -0.2) is 63.6 Å². The summed E-state index contributed by atoms with van der Waals surface area (Å²) in [4.78, 5) is 74.6. The Morgan fingerprint density at radius 1 is 1.00 bits per heavy atom. The van der Waals surface area contributed by atoms with Crippen molar-refractivity contribution in [3.05, 3.63) is 18.1 Å². The predicted molar refractivity (Wildman–Crippen MR) is 167 cm³/mol. The van der Waals surface area contributed by atoms with Gasteiger partial charge in [0.15, 0.2) is 0 Å². The van der Waals surface area contributed by atoms with E-state index in [1.165, 1.54) is 6.33 Å². The maximum atomic E-state index is 12.2. The maximum absolute atomic E-state index is 12.2. The number of amides is 2. The summed E-state index contributed by atoms with van der Waals surface area (Å²) in [6.07, 6.45) is 7.52. The van der Waals surface area contributed by atoms with Crippen LogP contribution in [0.1, 0.15) is 76.0 Å². The minimum Gasteiger partial charge on any atom is -0.756 e. The number of hydrogen-bond acceptors (Lipinski definition) is 16. The molecule has 3 rings (SSSR count). The number of phosphoric ester groups is 1. The monoisotopic (exact) mass is 750 g/mol. The molecule has 0 aliphatic carbocycles. The van der Waals surface area contributed by atoms with Crippen LogP contribution in [0.15, 0.2) is 12.5 Å². The molecule has 1 fully saturated rings. The second kappa shape index (κ2) is 19.0. The Morgan fingerprint density at radius 2 is 1.69 bits per heavy atom. The number of anilines is 1. The Morgan fingerprint density at radius 3 is 2.39 bits per heavy atom. The fourth-order valence-electron chi connectivity index (χ4n) is 4.78. The van der Waals surface area contributed by atoms with Gasteiger partial charge in [0, 0.05) is 25.6 Å². The van der Waals surface area contributed by atoms with Crippen molar-refractivity contribution in [3.8, 4) is 11.8 Å². The summed E-state index contributed by atoms with van der Waals surface area (Å²) in [6.45, 7) is 0.550. The molecule has 3 heterocycles. The normalized spacial score (nSPS) is 19.7. The molecular weight excluding hydrogens is 711 g/mol. The summed E-state index contributed by atoms with van der Waals surface area (Å²) in [5.74, 6) is 5.80. The number of rotatable bonds is 20. The molecule has 0 spiro atoms. The van der Waals surface area contributed by atoms with Gasteiger partial charge >= 0.3 is 0 Å². The van der Waals surface area contributed by atoms with Crippen LogP contribution in [0.3, 0.4) is 0 Å². The third-order valence-electron chi connectivity index (χ3n) is 6.96. The van der Waals surface area contributed by atoms with Crippen molar-refractivity contribution >= 4 is 52.1 Å². The predicted octanol–water partition coefficient (Wildman–Crippen LogP) is -0.198. The zero-order chi connectivity index (χ0) is 36.1. The number of nitrogen functional groups attached to an aromatic ring is 1. The minimum absolute atomic E-state index is 0.0201. The molecule has 274 valence electrons. The number of unbranched alkanes of at least 4 members (excludes halogenated alkanes) is 4. The van der Waals surface area contributed by atoms with E-state index in [0.717, 1.165) is 32.1 Å². The lowest BCUT2D eigenvalue weighted by atomic mass is 10.1. The molecule has 1 saturated heterocycles. The molecule has 1 aliphatic heterocycles. The first-order chi connectivity index (χ1) is 23.1. The second-order valence-electron chi connectivity index (χ2n) is 10.9. The number of carbonyl (C=O) groups excluding carboxylic acids is 2. The molecule has 0 radical (unpaired) electrons. The Bertz CT molecular complexity index is 1640. The van der Waals surface area contributed by atoms with Crippen molar-refractivity contribution in [3.63, 3.8) is 0 Å². The summed E-state index contributed by atoms with van der Waals surface area (Å²) < 4.78 is 52.7. The number of nitrogens with two attached hydrogens (primary N) is 2. The zero-order valence-electron chi connectivity index (χ0n) is 26.4. The SMILES string of the molecule is NCCCCCC(=O)NCCCCCC(=O)NCC#Cc1cn([C@H]2CC[C@@H](COP(=O)([O-])OP(=O)([O-])OP(=O)([O-])O)O2)c2ncnc(N)c12. The van der Waals surface area contributed by atoms with E-state index >= 15 is 0 Å². The number of ether oxygens (including phenoxy) is 1. The first kappa shape index (κ1) is 40.7. The summed E-state index contributed by atoms with van der Waals surface area (Å²) in [5.41, 5.74) is 12.3. The quantitative estimate of drug-likeness (QED) is 0.0664. The van der Waals surface area contributed by atoms with Crippen molar-refractivity contribution in [1.82, 2.24) is 25.2 Å². The Hall–Kier alpha value is -2.75. The van der Waals surface area contributed by atoms with Gasteiger partial charge in [0.2, 0.25) is 11.8 Å². The smallest absolute Gasteiger partial charge is 0.280 e. The van der Waals surface area contributed by atoms with Gasteiger partial charge in [0.25, 0.3) is 23.5 Å². The highest BCUT2D eigenvalue weighted by Crippen LogP contribution is 2.61. The van der Waals surface area contributed by atoms with Crippen molar-refractivity contribution in [1.29, 1.82) is 0 Å².